The molecule has 0 aromatic heterocycles. The first-order valence-corrected chi connectivity index (χ1v) is 15.0. The molecule has 43 heavy (non-hydrogen) atoms. The Morgan fingerprint density at radius 1 is 0.837 bits per heavy atom. The average Bonchev–Trinajstić information content (AvgIpc) is 3.01. The molecule has 2 N–H and O–H groups in total. The highest BCUT2D eigenvalue weighted by atomic mass is 35.5. The molecule has 10 nitrogen and oxygen atoms in total. The second kappa shape index (κ2) is 14.9. The van der Waals surface area contributed by atoms with Crippen LogP contribution in [0.15, 0.2) is 113 Å². The molecular weight excluding hydrogens is 592 g/mol. The van der Waals surface area contributed by atoms with Gasteiger partial charge in [-0.2, -0.15) is 5.10 Å². The van der Waals surface area contributed by atoms with Crippen LogP contribution in [0.1, 0.15) is 12.5 Å². The first kappa shape index (κ1) is 31.1. The lowest BCUT2D eigenvalue weighted by molar-refractivity contribution is -0.119. The Morgan fingerprint density at radius 2 is 1.47 bits per heavy atom. The number of carbonyl (C=O) groups is 2. The number of nitrogens with one attached hydrogen (secondary N) is 2. The minimum absolute atomic E-state index is 0.0260. The largest absolute Gasteiger partial charge is 0.494 e. The first-order valence-electron chi connectivity index (χ1n) is 13.2. The van der Waals surface area contributed by atoms with E-state index in [9.17, 15) is 18.0 Å². The van der Waals surface area contributed by atoms with Gasteiger partial charge in [-0.25, -0.2) is 13.8 Å². The van der Waals surface area contributed by atoms with Gasteiger partial charge in [-0.1, -0.05) is 29.8 Å². The van der Waals surface area contributed by atoms with Gasteiger partial charge in [-0.15, -0.1) is 0 Å². The quantitative estimate of drug-likeness (QED) is 0.158. The molecule has 12 heteroatoms. The van der Waals surface area contributed by atoms with Crippen LogP contribution in [-0.4, -0.2) is 46.2 Å². The van der Waals surface area contributed by atoms with Gasteiger partial charge in [0.1, 0.15) is 18.0 Å². The molecule has 4 rings (SSSR count). The smallest absolute Gasteiger partial charge is 0.264 e. The van der Waals surface area contributed by atoms with E-state index in [2.05, 4.69) is 15.8 Å². The fourth-order valence-electron chi connectivity index (χ4n) is 3.79. The Morgan fingerprint density at radius 3 is 2.12 bits per heavy atom. The van der Waals surface area contributed by atoms with E-state index in [-0.39, 0.29) is 23.1 Å². The highest BCUT2D eigenvalue weighted by Gasteiger charge is 2.27. The van der Waals surface area contributed by atoms with Crippen molar-refractivity contribution in [1.29, 1.82) is 0 Å². The minimum Gasteiger partial charge on any atom is -0.494 e. The Bertz CT molecular complexity index is 1650. The number of halogens is 1. The first-order chi connectivity index (χ1) is 20.7. The molecule has 0 saturated heterocycles. The summed E-state index contributed by atoms with van der Waals surface area (Å²) in [4.78, 5) is 24.9. The van der Waals surface area contributed by atoms with Crippen LogP contribution < -0.4 is 24.5 Å². The van der Waals surface area contributed by atoms with Gasteiger partial charge >= 0.3 is 0 Å². The summed E-state index contributed by atoms with van der Waals surface area (Å²) in [6, 6.07) is 27.8. The van der Waals surface area contributed by atoms with Gasteiger partial charge in [-0.05, 0) is 97.4 Å². The zero-order valence-electron chi connectivity index (χ0n) is 23.1. The van der Waals surface area contributed by atoms with Crippen molar-refractivity contribution in [1.82, 2.24) is 5.43 Å². The number of rotatable bonds is 13. The van der Waals surface area contributed by atoms with E-state index in [0.717, 1.165) is 4.31 Å². The molecule has 0 bridgehead atoms. The number of hydrogen-bond acceptors (Lipinski definition) is 7. The number of para-hydroxylation sites is 1. The SMILES string of the molecule is CCOc1ccc(N(CC(=O)N/N=C\c2ccc(OCC(=O)Nc3ccccc3)cc2)S(=O)(=O)c2ccc(Cl)cc2)cc1. The third-order valence-electron chi connectivity index (χ3n) is 5.84. The lowest BCUT2D eigenvalue weighted by Crippen LogP contribution is -2.39. The second-order valence-corrected chi connectivity index (χ2v) is 11.3. The molecule has 0 aliphatic heterocycles. The van der Waals surface area contributed by atoms with E-state index in [1.807, 2.05) is 25.1 Å². The maximum absolute atomic E-state index is 13.5. The topological polar surface area (TPSA) is 126 Å². The third-order valence-corrected chi connectivity index (χ3v) is 7.88. The van der Waals surface area contributed by atoms with Crippen molar-refractivity contribution in [3.8, 4) is 11.5 Å². The van der Waals surface area contributed by atoms with Crippen molar-refractivity contribution in [2.75, 3.05) is 29.4 Å². The van der Waals surface area contributed by atoms with E-state index in [0.29, 0.717) is 34.4 Å². The highest BCUT2D eigenvalue weighted by Crippen LogP contribution is 2.26. The van der Waals surface area contributed by atoms with Gasteiger partial charge in [0.2, 0.25) is 0 Å². The molecule has 0 atom stereocenters. The van der Waals surface area contributed by atoms with Crippen molar-refractivity contribution in [2.45, 2.75) is 11.8 Å². The average molecular weight is 621 g/mol. The van der Waals surface area contributed by atoms with E-state index in [1.165, 1.54) is 30.5 Å². The Hall–Kier alpha value is -4.87. The zero-order chi connectivity index (χ0) is 30.7. The molecule has 0 radical (unpaired) electrons. The van der Waals surface area contributed by atoms with Crippen molar-refractivity contribution in [2.24, 2.45) is 5.10 Å². The minimum atomic E-state index is -4.12. The van der Waals surface area contributed by atoms with Crippen LogP contribution in [0.5, 0.6) is 11.5 Å². The number of anilines is 2. The van der Waals surface area contributed by atoms with E-state index < -0.39 is 22.5 Å². The number of amides is 2. The fraction of sp³-hybridized carbons (Fsp3) is 0.129. The lowest BCUT2D eigenvalue weighted by Gasteiger charge is -2.24. The summed E-state index contributed by atoms with van der Waals surface area (Å²) in [5.41, 5.74) is 3.95. The Kier molecular flexibility index (Phi) is 10.7. The summed E-state index contributed by atoms with van der Waals surface area (Å²) in [7, 11) is -4.12. The monoisotopic (exact) mass is 620 g/mol. The van der Waals surface area contributed by atoms with E-state index >= 15 is 0 Å². The third kappa shape index (κ3) is 9.06. The number of hydrogen-bond donors (Lipinski definition) is 2. The lowest BCUT2D eigenvalue weighted by atomic mass is 10.2. The number of sulfonamides is 1. The number of hydrazone groups is 1. The van der Waals surface area contributed by atoms with Crippen LogP contribution in [0.4, 0.5) is 11.4 Å². The number of benzene rings is 4. The standard InChI is InChI=1S/C31H29ClN4O6S/c1-2-41-27-16-12-26(13-17-27)36(43(39,40)29-18-10-24(32)11-19-29)21-30(37)35-33-20-23-8-14-28(15-9-23)42-22-31(38)34-25-6-4-3-5-7-25/h3-20H,2,21-22H2,1H3,(H,34,38)(H,35,37)/b33-20-. The summed E-state index contributed by atoms with van der Waals surface area (Å²) in [5.74, 6) is 0.0859. The van der Waals surface area contributed by atoms with Crippen LogP contribution in [0.2, 0.25) is 5.02 Å². The molecular formula is C31H29ClN4O6S. The number of nitrogens with zero attached hydrogens (tertiary/aromatic N) is 2. The van der Waals surface area contributed by atoms with Gasteiger partial charge < -0.3 is 14.8 Å². The van der Waals surface area contributed by atoms with Crippen LogP contribution in [0.25, 0.3) is 0 Å². The van der Waals surface area contributed by atoms with Gasteiger partial charge in [0, 0.05) is 10.7 Å². The molecule has 4 aromatic rings. The maximum atomic E-state index is 13.5. The van der Waals surface area contributed by atoms with Crippen LogP contribution in [-0.2, 0) is 19.6 Å². The van der Waals surface area contributed by atoms with Crippen molar-refractivity contribution < 1.29 is 27.5 Å². The molecule has 222 valence electrons. The summed E-state index contributed by atoms with van der Waals surface area (Å²) in [5, 5.41) is 7.07. The highest BCUT2D eigenvalue weighted by molar-refractivity contribution is 7.92. The summed E-state index contributed by atoms with van der Waals surface area (Å²) in [6.07, 6.45) is 1.40. The number of carbonyl (C=O) groups excluding carboxylic acids is 2. The summed E-state index contributed by atoms with van der Waals surface area (Å²) in [6.45, 7) is 1.59. The molecule has 0 aliphatic carbocycles. The van der Waals surface area contributed by atoms with Gasteiger partial charge in [-0.3, -0.25) is 13.9 Å². The molecule has 0 saturated carbocycles. The normalized spacial score (nSPS) is 11.1. The molecule has 0 fully saturated rings. The summed E-state index contributed by atoms with van der Waals surface area (Å²) < 4.78 is 38.9. The maximum Gasteiger partial charge on any atom is 0.264 e. The fourth-order valence-corrected chi connectivity index (χ4v) is 5.33. The predicted molar refractivity (Wildman–Crippen MR) is 166 cm³/mol. The molecule has 2 amide bonds. The van der Waals surface area contributed by atoms with E-state index in [4.69, 9.17) is 21.1 Å². The summed E-state index contributed by atoms with van der Waals surface area (Å²) >= 11 is 5.94. The molecule has 0 spiro atoms. The molecule has 4 aromatic carbocycles. The van der Waals surface area contributed by atoms with Crippen molar-refractivity contribution in [3.05, 3.63) is 114 Å². The molecule has 0 unspecified atom stereocenters. The second-order valence-electron chi connectivity index (χ2n) is 8.96. The molecule has 0 aliphatic rings. The predicted octanol–water partition coefficient (Wildman–Crippen LogP) is 5.10. The van der Waals surface area contributed by atoms with Crippen LogP contribution >= 0.6 is 11.6 Å². The molecule has 0 heterocycles. The Balaban J connectivity index is 1.37. The Labute approximate surface area is 254 Å². The number of ether oxygens (including phenoxy) is 2. The van der Waals surface area contributed by atoms with Crippen LogP contribution in [0, 0.1) is 0 Å². The van der Waals surface area contributed by atoms with Crippen LogP contribution in [0.3, 0.4) is 0 Å². The van der Waals surface area contributed by atoms with E-state index in [1.54, 1.807) is 60.7 Å². The van der Waals surface area contributed by atoms with Gasteiger partial charge in [0.15, 0.2) is 6.61 Å². The van der Waals surface area contributed by atoms with Gasteiger partial charge in [0.05, 0.1) is 23.4 Å². The van der Waals surface area contributed by atoms with Crippen molar-refractivity contribution in [3.63, 3.8) is 0 Å². The zero-order valence-corrected chi connectivity index (χ0v) is 24.7. The van der Waals surface area contributed by atoms with Gasteiger partial charge in [0.25, 0.3) is 21.8 Å². The van der Waals surface area contributed by atoms with Crippen molar-refractivity contribution >= 4 is 51.0 Å².